The SMILES string of the molecule is CN(C)CCn1ccc2c(F)cc(F)cc21.CN(C)CCn1ccc2cc(F)cc(F)c21.Cc1cc2ccn(CCN(C)C)c2cc1C.Cc1cc2ccn(CCN(C)C)c2cc1C.Cc1cc2ccn(C[C@H](C)N(C)C)c2cc1C.Cc1ccc2c(ccn2C[C@H](C)N(C)C)c1. The molecule has 0 aliphatic carbocycles. The van der Waals surface area contributed by atoms with Crippen LogP contribution in [0.15, 0.2) is 152 Å². The highest BCUT2D eigenvalue weighted by atomic mass is 19.1. The lowest BCUT2D eigenvalue weighted by molar-refractivity contribution is 0.286. The zero-order valence-electron chi connectivity index (χ0n) is 62.0. The lowest BCUT2D eigenvalue weighted by Gasteiger charge is -2.21. The highest BCUT2D eigenvalue weighted by Gasteiger charge is 2.14. The third kappa shape index (κ3) is 21.3. The van der Waals surface area contributed by atoms with E-state index in [-0.39, 0.29) is 0 Å². The second-order valence-electron chi connectivity index (χ2n) is 28.0. The van der Waals surface area contributed by atoms with Crippen molar-refractivity contribution in [3.05, 3.63) is 215 Å². The van der Waals surface area contributed by atoms with E-state index in [1.807, 2.05) is 47.1 Å². The van der Waals surface area contributed by atoms with Crippen LogP contribution in [-0.4, -0.2) is 180 Å². The molecule has 6 aromatic carbocycles. The van der Waals surface area contributed by atoms with Crippen molar-refractivity contribution in [2.24, 2.45) is 0 Å². The summed E-state index contributed by atoms with van der Waals surface area (Å²) in [7, 11) is 24.8. The number of hydrogen-bond acceptors (Lipinski definition) is 6. The van der Waals surface area contributed by atoms with Crippen molar-refractivity contribution in [2.75, 3.05) is 111 Å². The van der Waals surface area contributed by atoms with Gasteiger partial charge in [0.25, 0.3) is 0 Å². The standard InChI is InChI=1S/C15H22N2.3C14H20N2.2C12H14F2N2/c1-11-8-14-6-7-17(10-13(3)16(4)5)15(14)9-12(11)2;2*1-11-9-13-5-6-16(8-7-15(3)4)14(13)10-12(11)2;1-11-5-6-14-13(9-11)7-8-16(14)10-12(2)15(3)4;1-15(2)5-6-16-4-3-10-11(14)7-9(13)8-12(10)16;1-15(2)5-6-16-4-3-9-7-10(13)8-11(14)12(9)16/h6-9,13H,10H2,1-5H3;2*5-6,9-10H,7-8H2,1-4H3;5-9,12H,10H2,1-4H3;2*3-4,7-8H,5-6H2,1-2H3/t13-;;;12-;;/m0..0../s1. The van der Waals surface area contributed by atoms with Crippen molar-refractivity contribution in [2.45, 2.75) is 114 Å². The van der Waals surface area contributed by atoms with Crippen LogP contribution >= 0.6 is 0 Å². The number of aromatic nitrogens is 6. The van der Waals surface area contributed by atoms with Gasteiger partial charge in [0.2, 0.25) is 0 Å². The third-order valence-corrected chi connectivity index (χ3v) is 18.5. The average molecular weight is 1330 g/mol. The molecule has 0 N–H and O–H groups in total. The predicted octanol–water partition coefficient (Wildman–Crippen LogP) is 16.7. The van der Waals surface area contributed by atoms with Crippen molar-refractivity contribution in [1.29, 1.82) is 0 Å². The Morgan fingerprint density at radius 2 is 0.639 bits per heavy atom. The topological polar surface area (TPSA) is 49.0 Å². The molecule has 0 fully saturated rings. The van der Waals surface area contributed by atoms with Crippen LogP contribution in [0.5, 0.6) is 0 Å². The zero-order chi connectivity index (χ0) is 71.1. The Morgan fingerprint density at radius 1 is 0.309 bits per heavy atom. The molecule has 0 spiro atoms. The maximum absolute atomic E-state index is 13.6. The number of hydrogen-bond donors (Lipinski definition) is 0. The van der Waals surface area contributed by atoms with E-state index in [9.17, 15) is 17.6 Å². The van der Waals surface area contributed by atoms with Crippen LogP contribution in [0, 0.1) is 71.7 Å². The van der Waals surface area contributed by atoms with Crippen molar-refractivity contribution >= 4 is 65.4 Å². The minimum atomic E-state index is -0.533. The molecule has 16 heteroatoms. The average Bonchev–Trinajstić information content (AvgIpc) is 1.75. The fraction of sp³-hybridized carbons (Fsp3) is 0.407. The molecular formula is C81H110F4N12. The summed E-state index contributed by atoms with van der Waals surface area (Å²) in [5, 5.41) is 6.46. The van der Waals surface area contributed by atoms with Crippen molar-refractivity contribution in [3.63, 3.8) is 0 Å². The number of rotatable bonds is 18. The molecule has 0 saturated carbocycles. The van der Waals surface area contributed by atoms with Crippen LogP contribution in [0.4, 0.5) is 17.6 Å². The molecule has 2 atom stereocenters. The van der Waals surface area contributed by atoms with Gasteiger partial charge in [-0.15, -0.1) is 0 Å². The number of likely N-dealkylation sites (N-methyl/N-ethyl adjacent to an activating group) is 6. The molecule has 12 rings (SSSR count). The lowest BCUT2D eigenvalue weighted by atomic mass is 10.1. The zero-order valence-corrected chi connectivity index (χ0v) is 62.0. The van der Waals surface area contributed by atoms with Gasteiger partial charge in [-0.2, -0.15) is 0 Å². The predicted molar refractivity (Wildman–Crippen MR) is 405 cm³/mol. The Bertz CT molecular complexity index is 4380. The van der Waals surface area contributed by atoms with Gasteiger partial charge in [0.15, 0.2) is 0 Å². The summed E-state index contributed by atoms with van der Waals surface area (Å²) >= 11 is 0. The number of aryl methyl sites for hydroxylation is 7. The number of halogens is 4. The molecule has 0 amide bonds. The minimum absolute atomic E-state index is 0.472. The maximum atomic E-state index is 13.6. The lowest BCUT2D eigenvalue weighted by Crippen LogP contribution is -2.28. The molecule has 6 aromatic heterocycles. The van der Waals surface area contributed by atoms with Crippen LogP contribution in [0.3, 0.4) is 0 Å². The van der Waals surface area contributed by atoms with Gasteiger partial charge >= 0.3 is 0 Å². The largest absolute Gasteiger partial charge is 0.346 e. The van der Waals surface area contributed by atoms with Gasteiger partial charge in [-0.05, 0) is 299 Å². The summed E-state index contributed by atoms with van der Waals surface area (Å²) in [6, 6.07) is 38.2. The fourth-order valence-electron chi connectivity index (χ4n) is 11.4. The highest BCUT2D eigenvalue weighted by molar-refractivity contribution is 5.85. The summed E-state index contributed by atoms with van der Waals surface area (Å²) < 4.78 is 66.1. The van der Waals surface area contributed by atoms with Gasteiger partial charge in [0.1, 0.15) is 23.3 Å². The Morgan fingerprint density at radius 3 is 1.07 bits per heavy atom. The smallest absolute Gasteiger partial charge is 0.150 e. The fourth-order valence-corrected chi connectivity index (χ4v) is 11.4. The number of benzene rings is 6. The van der Waals surface area contributed by atoms with Gasteiger partial charge in [-0.25, -0.2) is 17.6 Å². The molecule has 0 aliphatic heterocycles. The first-order chi connectivity index (χ1) is 45.9. The van der Waals surface area contributed by atoms with Crippen molar-refractivity contribution in [1.82, 2.24) is 56.8 Å². The normalized spacial score (nSPS) is 12.2. The van der Waals surface area contributed by atoms with Gasteiger partial charge < -0.3 is 56.8 Å². The van der Waals surface area contributed by atoms with E-state index in [0.29, 0.717) is 40.4 Å². The molecule has 0 aliphatic rings. The Hall–Kier alpha value is -7.96. The molecule has 0 radical (unpaired) electrons. The van der Waals surface area contributed by atoms with E-state index in [1.165, 1.54) is 94.7 Å². The second-order valence-corrected chi connectivity index (χ2v) is 28.0. The Labute approximate surface area is 576 Å². The van der Waals surface area contributed by atoms with Crippen LogP contribution < -0.4 is 0 Å². The van der Waals surface area contributed by atoms with E-state index in [4.69, 9.17) is 0 Å². The molecule has 97 heavy (non-hydrogen) atoms. The van der Waals surface area contributed by atoms with E-state index in [0.717, 1.165) is 71.0 Å². The summed E-state index contributed by atoms with van der Waals surface area (Å²) in [6.45, 7) is 29.1. The summed E-state index contributed by atoms with van der Waals surface area (Å²) in [5.74, 6) is -2.07. The van der Waals surface area contributed by atoms with Crippen LogP contribution in [0.25, 0.3) is 65.4 Å². The molecule has 0 bridgehead atoms. The first-order valence-corrected chi connectivity index (χ1v) is 33.9. The highest BCUT2D eigenvalue weighted by Crippen LogP contribution is 2.26. The molecule has 0 saturated heterocycles. The van der Waals surface area contributed by atoms with E-state index >= 15 is 0 Å². The molecule has 522 valence electrons. The van der Waals surface area contributed by atoms with Gasteiger partial charge in [-0.1, -0.05) is 11.6 Å². The van der Waals surface area contributed by atoms with Crippen LogP contribution in [0.1, 0.15) is 52.8 Å². The molecule has 0 unspecified atom stereocenters. The first kappa shape index (κ1) is 76.4. The minimum Gasteiger partial charge on any atom is -0.346 e. The summed E-state index contributed by atoms with van der Waals surface area (Å²) in [4.78, 5) is 13.0. The monoisotopic (exact) mass is 1330 g/mol. The second kappa shape index (κ2) is 35.0. The van der Waals surface area contributed by atoms with E-state index < -0.39 is 23.3 Å². The molecular weight excluding hydrogens is 1220 g/mol. The van der Waals surface area contributed by atoms with Crippen LogP contribution in [-0.2, 0) is 39.3 Å². The maximum Gasteiger partial charge on any atom is 0.150 e. The Balaban J connectivity index is 0.000000164. The number of nitrogens with zero attached hydrogens (tertiary/aromatic N) is 12. The molecule has 6 heterocycles. The molecule has 12 nitrogen and oxygen atoms in total. The van der Waals surface area contributed by atoms with Gasteiger partial charge in [0, 0.05) is 160 Å². The summed E-state index contributed by atoms with van der Waals surface area (Å²) in [5.41, 5.74) is 16.0. The van der Waals surface area contributed by atoms with E-state index in [2.05, 4.69) is 260 Å². The third-order valence-electron chi connectivity index (χ3n) is 18.5. The Kier molecular flexibility index (Phi) is 27.6. The van der Waals surface area contributed by atoms with Gasteiger partial charge in [0.05, 0.1) is 11.0 Å². The summed E-state index contributed by atoms with van der Waals surface area (Å²) in [6.07, 6.45) is 12.3. The van der Waals surface area contributed by atoms with E-state index in [1.54, 1.807) is 24.5 Å². The first-order valence-electron chi connectivity index (χ1n) is 33.9. The van der Waals surface area contributed by atoms with Gasteiger partial charge in [-0.3, -0.25) is 0 Å². The quantitative estimate of drug-likeness (QED) is 0.0798. The molecule has 12 aromatic rings. The number of fused-ring (bicyclic) bond motifs is 6. The van der Waals surface area contributed by atoms with Crippen LogP contribution in [0.2, 0.25) is 0 Å². The van der Waals surface area contributed by atoms with Crippen molar-refractivity contribution in [3.8, 4) is 0 Å². The van der Waals surface area contributed by atoms with Crippen molar-refractivity contribution < 1.29 is 17.6 Å².